The van der Waals surface area contributed by atoms with E-state index in [1.54, 1.807) is 42.6 Å². The van der Waals surface area contributed by atoms with Crippen LogP contribution in [0, 0.1) is 0 Å². The number of benzene rings is 2. The largest absolute Gasteiger partial charge is 0.487 e. The van der Waals surface area contributed by atoms with Gasteiger partial charge in [0.1, 0.15) is 18.0 Å². The summed E-state index contributed by atoms with van der Waals surface area (Å²) in [7, 11) is 1.53. The molecule has 0 amide bonds. The number of aromatic nitrogens is 3. The summed E-state index contributed by atoms with van der Waals surface area (Å²) in [6.07, 6.45) is -3.01. The molecule has 0 aliphatic rings. The third-order valence-corrected chi connectivity index (χ3v) is 5.35. The molecule has 10 heteroatoms. The van der Waals surface area contributed by atoms with Crippen molar-refractivity contribution in [2.75, 3.05) is 7.11 Å². The lowest BCUT2D eigenvalue weighted by molar-refractivity contribution is -0.141. The Morgan fingerprint density at radius 2 is 1.67 bits per heavy atom. The van der Waals surface area contributed by atoms with E-state index in [9.17, 15) is 13.2 Å². The maximum Gasteiger partial charge on any atom is 0.435 e. The van der Waals surface area contributed by atoms with Crippen LogP contribution in [0.25, 0.3) is 16.8 Å². The van der Waals surface area contributed by atoms with Gasteiger partial charge in [0.2, 0.25) is 5.88 Å². The molecule has 5 nitrogen and oxygen atoms in total. The highest BCUT2D eigenvalue weighted by Gasteiger charge is 2.35. The molecule has 4 aromatic rings. The van der Waals surface area contributed by atoms with Gasteiger partial charge in [-0.2, -0.15) is 18.3 Å². The smallest absolute Gasteiger partial charge is 0.435 e. The molecule has 0 saturated heterocycles. The minimum absolute atomic E-state index is 0.135. The van der Waals surface area contributed by atoms with Crippen LogP contribution in [0.1, 0.15) is 11.4 Å². The minimum Gasteiger partial charge on any atom is -0.487 e. The van der Waals surface area contributed by atoms with Crippen molar-refractivity contribution in [3.05, 3.63) is 88.3 Å². The summed E-state index contributed by atoms with van der Waals surface area (Å²) in [6.45, 7) is -0.194. The van der Waals surface area contributed by atoms with Crippen molar-refractivity contribution in [1.82, 2.24) is 14.8 Å². The van der Waals surface area contributed by atoms with Gasteiger partial charge >= 0.3 is 6.18 Å². The van der Waals surface area contributed by atoms with Crippen molar-refractivity contribution in [3.8, 4) is 28.4 Å². The van der Waals surface area contributed by atoms with Crippen molar-refractivity contribution in [1.29, 1.82) is 0 Å². The number of halogens is 5. The fraction of sp³-hybridized carbons (Fsp3) is 0.130. The molecule has 0 spiro atoms. The summed E-state index contributed by atoms with van der Waals surface area (Å²) in [5, 5.41) is 4.01. The lowest BCUT2D eigenvalue weighted by Gasteiger charge is -2.12. The quantitative estimate of drug-likeness (QED) is 0.294. The first-order valence-corrected chi connectivity index (χ1v) is 10.4. The average molecular weight is 494 g/mol. The van der Waals surface area contributed by atoms with Gasteiger partial charge < -0.3 is 9.47 Å². The molecule has 0 saturated carbocycles. The zero-order valence-corrected chi connectivity index (χ0v) is 18.6. The van der Waals surface area contributed by atoms with E-state index in [2.05, 4.69) is 10.1 Å². The molecule has 0 N–H and O–H groups in total. The Hall–Kier alpha value is -3.23. The summed E-state index contributed by atoms with van der Waals surface area (Å²) in [5.74, 6) is 0.930. The third-order valence-electron chi connectivity index (χ3n) is 4.74. The van der Waals surface area contributed by atoms with Crippen LogP contribution in [-0.4, -0.2) is 21.9 Å². The zero-order chi connectivity index (χ0) is 23.6. The van der Waals surface area contributed by atoms with E-state index in [1.165, 1.54) is 19.2 Å². The number of rotatable bonds is 6. The van der Waals surface area contributed by atoms with Crippen molar-refractivity contribution in [2.45, 2.75) is 12.8 Å². The van der Waals surface area contributed by atoms with E-state index in [-0.39, 0.29) is 28.0 Å². The normalized spacial score (nSPS) is 11.5. The topological polar surface area (TPSA) is 49.2 Å². The molecule has 2 aromatic heterocycles. The van der Waals surface area contributed by atoms with Crippen LogP contribution in [0.15, 0.2) is 66.9 Å². The predicted molar refractivity (Wildman–Crippen MR) is 119 cm³/mol. The van der Waals surface area contributed by atoms with Gasteiger partial charge in [-0.05, 0) is 48.0 Å². The van der Waals surface area contributed by atoms with Crippen LogP contribution < -0.4 is 9.47 Å². The number of ether oxygens (including phenoxy) is 2. The summed E-state index contributed by atoms with van der Waals surface area (Å²) < 4.78 is 52.1. The Labute approximate surface area is 197 Å². The van der Waals surface area contributed by atoms with E-state index in [0.717, 1.165) is 21.9 Å². The molecular formula is C23H16Cl2F3N3O2. The number of hydrogen-bond acceptors (Lipinski definition) is 4. The van der Waals surface area contributed by atoms with Gasteiger partial charge in [0, 0.05) is 11.8 Å². The highest BCUT2D eigenvalue weighted by Crippen LogP contribution is 2.34. The van der Waals surface area contributed by atoms with E-state index in [0.29, 0.717) is 11.6 Å². The maximum atomic E-state index is 13.3. The zero-order valence-electron chi connectivity index (χ0n) is 17.1. The Kier molecular flexibility index (Phi) is 6.49. The molecular weight excluding hydrogens is 478 g/mol. The molecule has 0 unspecified atom stereocenters. The third kappa shape index (κ3) is 4.91. The van der Waals surface area contributed by atoms with Gasteiger partial charge in [-0.1, -0.05) is 41.4 Å². The van der Waals surface area contributed by atoms with Gasteiger partial charge in [-0.25, -0.2) is 9.67 Å². The second kappa shape index (κ2) is 9.33. The second-order valence-electron chi connectivity index (χ2n) is 6.87. The van der Waals surface area contributed by atoms with Crippen molar-refractivity contribution >= 4 is 23.2 Å². The van der Waals surface area contributed by atoms with Crippen molar-refractivity contribution in [2.24, 2.45) is 0 Å². The first-order chi connectivity index (χ1) is 15.8. The van der Waals surface area contributed by atoms with Gasteiger partial charge in [0.15, 0.2) is 5.69 Å². The maximum absolute atomic E-state index is 13.3. The molecule has 2 heterocycles. The highest BCUT2D eigenvalue weighted by molar-refractivity contribution is 6.37. The van der Waals surface area contributed by atoms with E-state index >= 15 is 0 Å². The van der Waals surface area contributed by atoms with Crippen LogP contribution in [0.5, 0.6) is 11.6 Å². The van der Waals surface area contributed by atoms with Gasteiger partial charge in [0.05, 0.1) is 22.8 Å². The van der Waals surface area contributed by atoms with Gasteiger partial charge in [0.25, 0.3) is 0 Å². The van der Waals surface area contributed by atoms with Gasteiger partial charge in [-0.15, -0.1) is 0 Å². The Bertz CT molecular complexity index is 1250. The molecule has 0 aliphatic carbocycles. The van der Waals surface area contributed by atoms with E-state index in [4.69, 9.17) is 32.7 Å². The molecule has 0 fully saturated rings. The second-order valence-corrected chi connectivity index (χ2v) is 7.69. The van der Waals surface area contributed by atoms with Crippen LogP contribution in [0.3, 0.4) is 0 Å². The monoisotopic (exact) mass is 493 g/mol. The number of pyridine rings is 1. The van der Waals surface area contributed by atoms with Crippen LogP contribution in [0.2, 0.25) is 10.0 Å². The number of nitrogens with zero attached hydrogens (tertiary/aromatic N) is 3. The van der Waals surface area contributed by atoms with E-state index < -0.39 is 11.9 Å². The molecule has 33 heavy (non-hydrogen) atoms. The predicted octanol–water partition coefficient (Wildman–Crippen LogP) is 6.85. The lowest BCUT2D eigenvalue weighted by atomic mass is 10.1. The summed E-state index contributed by atoms with van der Waals surface area (Å²) in [4.78, 5) is 4.17. The SMILES string of the molecule is COc1ncccc1-c1ccc(OCc2cc(C(F)(F)F)nn2-c2c(Cl)cccc2Cl)cc1. The number of methoxy groups -OCH3 is 1. The first kappa shape index (κ1) is 22.9. The first-order valence-electron chi connectivity index (χ1n) is 9.60. The Balaban J connectivity index is 1.61. The molecule has 170 valence electrons. The molecule has 0 radical (unpaired) electrons. The van der Waals surface area contributed by atoms with Crippen LogP contribution in [0.4, 0.5) is 13.2 Å². The van der Waals surface area contributed by atoms with Crippen molar-refractivity contribution < 1.29 is 22.6 Å². The number of hydrogen-bond donors (Lipinski definition) is 0. The standard InChI is InChI=1S/C23H16Cl2F3N3O2/c1-32-22-17(4-3-11-29-22)14-7-9-16(10-8-14)33-13-15-12-20(23(26,27)28)30-31(15)21-18(24)5-2-6-19(21)25/h2-12H,13H2,1H3. The van der Waals surface area contributed by atoms with E-state index in [1.807, 2.05) is 6.07 Å². The molecule has 2 aromatic carbocycles. The fourth-order valence-electron chi connectivity index (χ4n) is 3.21. The summed E-state index contributed by atoms with van der Waals surface area (Å²) in [5.41, 5.74) is 0.854. The molecule has 4 rings (SSSR count). The lowest BCUT2D eigenvalue weighted by Crippen LogP contribution is -2.09. The summed E-state index contributed by atoms with van der Waals surface area (Å²) >= 11 is 12.4. The average Bonchev–Trinajstić information content (AvgIpc) is 3.22. The molecule has 0 bridgehead atoms. The Morgan fingerprint density at radius 1 is 0.970 bits per heavy atom. The van der Waals surface area contributed by atoms with Gasteiger partial charge in [-0.3, -0.25) is 0 Å². The molecule has 0 aliphatic heterocycles. The van der Waals surface area contributed by atoms with Crippen LogP contribution in [-0.2, 0) is 12.8 Å². The molecule has 0 atom stereocenters. The fourth-order valence-corrected chi connectivity index (χ4v) is 3.76. The number of alkyl halides is 3. The minimum atomic E-state index is -4.64. The Morgan fingerprint density at radius 3 is 2.30 bits per heavy atom. The highest BCUT2D eigenvalue weighted by atomic mass is 35.5. The summed E-state index contributed by atoms with van der Waals surface area (Å²) in [6, 6.07) is 16.2. The van der Waals surface area contributed by atoms with Crippen LogP contribution >= 0.6 is 23.2 Å². The van der Waals surface area contributed by atoms with Crippen molar-refractivity contribution in [3.63, 3.8) is 0 Å². The number of para-hydroxylation sites is 1.